The van der Waals surface area contributed by atoms with Gasteiger partial charge in [0.2, 0.25) is 0 Å². The lowest BCUT2D eigenvalue weighted by molar-refractivity contribution is -0.135. The van der Waals surface area contributed by atoms with Crippen LogP contribution in [-0.2, 0) is 4.79 Å². The molecule has 0 spiro atoms. The standard InChI is InChI=1S/C21H31NO4S.C3H8S.C3H8/c1-4-7-16(14-27)8-5-6-11-26-17-9-10-18(15(2)3)19(12-17)21(25)22-13-20(23)24;1-3-4-2;1-3-2/h5,8-10,12,15-16,27H,4,6-7,11,13-14H2,1-3H3,(H,22,25)(H,23,24);3H2,1-2H3;3H2,1-2H3/b8-5+;;. The number of aliphatic carboxylic acids is 1. The van der Waals surface area contributed by atoms with Crippen molar-refractivity contribution >= 4 is 36.3 Å². The number of nitrogens with one attached hydrogen (secondary N) is 1. The number of hydrogen-bond donors (Lipinski definition) is 3. The van der Waals surface area contributed by atoms with Crippen LogP contribution in [-0.4, -0.2) is 47.9 Å². The number of hydrogen-bond acceptors (Lipinski definition) is 5. The lowest BCUT2D eigenvalue weighted by Crippen LogP contribution is -2.30. The minimum atomic E-state index is -1.07. The van der Waals surface area contributed by atoms with Crippen molar-refractivity contribution in [1.82, 2.24) is 5.32 Å². The third-order valence-electron chi connectivity index (χ3n) is 4.44. The molecule has 1 aromatic carbocycles. The number of thioether (sulfide) groups is 1. The molecule has 0 saturated heterocycles. The molecular weight excluding hydrogens is 466 g/mol. The molecule has 0 aliphatic heterocycles. The van der Waals surface area contributed by atoms with Gasteiger partial charge in [-0.15, -0.1) is 0 Å². The molecule has 1 atom stereocenters. The number of carbonyl (C=O) groups excluding carboxylic acids is 1. The fourth-order valence-corrected chi connectivity index (χ4v) is 3.03. The second-order valence-electron chi connectivity index (χ2n) is 8.06. The lowest BCUT2D eigenvalue weighted by atomic mass is 9.96. The van der Waals surface area contributed by atoms with Gasteiger partial charge in [0.05, 0.1) is 6.61 Å². The first-order valence-electron chi connectivity index (χ1n) is 12.2. The van der Waals surface area contributed by atoms with Crippen LogP contribution in [0, 0.1) is 5.92 Å². The molecule has 1 rings (SSSR count). The molecule has 0 aromatic heterocycles. The van der Waals surface area contributed by atoms with Gasteiger partial charge in [0.15, 0.2) is 0 Å². The summed E-state index contributed by atoms with van der Waals surface area (Å²) < 4.78 is 5.77. The Hall–Kier alpha value is -1.60. The first-order chi connectivity index (χ1) is 16.2. The number of carbonyl (C=O) groups is 2. The quantitative estimate of drug-likeness (QED) is 0.149. The van der Waals surface area contributed by atoms with Gasteiger partial charge in [-0.1, -0.05) is 72.6 Å². The van der Waals surface area contributed by atoms with Gasteiger partial charge in [-0.25, -0.2) is 0 Å². The molecule has 0 heterocycles. The summed E-state index contributed by atoms with van der Waals surface area (Å²) in [5.41, 5.74) is 1.32. The molecule has 0 fully saturated rings. The van der Waals surface area contributed by atoms with E-state index in [0.29, 0.717) is 23.8 Å². The predicted molar refractivity (Wildman–Crippen MR) is 152 cm³/mol. The van der Waals surface area contributed by atoms with E-state index in [1.807, 2.05) is 37.7 Å². The summed E-state index contributed by atoms with van der Waals surface area (Å²) in [6, 6.07) is 5.40. The van der Waals surface area contributed by atoms with Gasteiger partial charge in [-0.05, 0) is 60.1 Å². The summed E-state index contributed by atoms with van der Waals surface area (Å²) in [5.74, 6) is 1.85. The Morgan fingerprint density at radius 2 is 1.82 bits per heavy atom. The molecule has 0 aliphatic rings. The third kappa shape index (κ3) is 17.8. The van der Waals surface area contributed by atoms with Crippen LogP contribution < -0.4 is 10.1 Å². The number of rotatable bonds is 13. The molecule has 1 unspecified atom stereocenters. The largest absolute Gasteiger partial charge is 0.493 e. The second kappa shape index (κ2) is 23.2. The molecule has 196 valence electrons. The number of ether oxygens (including phenoxy) is 1. The van der Waals surface area contributed by atoms with Crippen molar-refractivity contribution in [3.05, 3.63) is 41.5 Å². The van der Waals surface area contributed by atoms with Crippen LogP contribution in [0.1, 0.15) is 89.1 Å². The maximum Gasteiger partial charge on any atom is 0.322 e. The Kier molecular flexibility index (Phi) is 23.5. The number of carboxylic acid groups (broad SMARTS) is 1. The van der Waals surface area contributed by atoms with Gasteiger partial charge in [-0.2, -0.15) is 24.4 Å². The summed E-state index contributed by atoms with van der Waals surface area (Å²) >= 11 is 6.22. The minimum Gasteiger partial charge on any atom is -0.493 e. The number of allylic oxidation sites excluding steroid dienone is 1. The monoisotopic (exact) mass is 513 g/mol. The van der Waals surface area contributed by atoms with E-state index in [-0.39, 0.29) is 5.92 Å². The van der Waals surface area contributed by atoms with Gasteiger partial charge in [0.25, 0.3) is 5.91 Å². The number of benzene rings is 1. The van der Waals surface area contributed by atoms with Crippen LogP contribution in [0.4, 0.5) is 0 Å². The zero-order chi connectivity index (χ0) is 26.4. The highest BCUT2D eigenvalue weighted by Gasteiger charge is 2.16. The summed E-state index contributed by atoms with van der Waals surface area (Å²) in [4.78, 5) is 23.0. The molecule has 1 aromatic rings. The Morgan fingerprint density at radius 1 is 1.21 bits per heavy atom. The number of amides is 1. The van der Waals surface area contributed by atoms with E-state index < -0.39 is 18.4 Å². The van der Waals surface area contributed by atoms with Crippen molar-refractivity contribution in [3.8, 4) is 5.75 Å². The Bertz CT molecular complexity index is 691. The number of thiol groups is 1. The van der Waals surface area contributed by atoms with Crippen LogP contribution in [0.25, 0.3) is 0 Å². The van der Waals surface area contributed by atoms with Crippen molar-refractivity contribution in [2.75, 3.05) is 30.9 Å². The van der Waals surface area contributed by atoms with Crippen molar-refractivity contribution in [3.63, 3.8) is 0 Å². The van der Waals surface area contributed by atoms with E-state index in [4.69, 9.17) is 9.84 Å². The SMILES string of the molecule is CCC.CCCC(/C=C/CCOc1ccc(C(C)C)c(C(=O)NCC(=O)O)c1)CS.CCSC. The van der Waals surface area contributed by atoms with Crippen LogP contribution >= 0.6 is 24.4 Å². The predicted octanol–water partition coefficient (Wildman–Crippen LogP) is 7.08. The highest BCUT2D eigenvalue weighted by molar-refractivity contribution is 7.98. The van der Waals surface area contributed by atoms with Crippen LogP contribution in [0.15, 0.2) is 30.4 Å². The highest BCUT2D eigenvalue weighted by atomic mass is 32.2. The van der Waals surface area contributed by atoms with Gasteiger partial charge in [0, 0.05) is 5.56 Å². The zero-order valence-electron chi connectivity index (χ0n) is 22.2. The van der Waals surface area contributed by atoms with Crippen molar-refractivity contribution in [2.45, 2.75) is 73.1 Å². The summed E-state index contributed by atoms with van der Waals surface area (Å²) in [6.45, 7) is 12.6. The van der Waals surface area contributed by atoms with E-state index in [1.54, 1.807) is 6.07 Å². The Labute approximate surface area is 217 Å². The van der Waals surface area contributed by atoms with E-state index in [9.17, 15) is 9.59 Å². The van der Waals surface area contributed by atoms with Gasteiger partial charge in [-0.3, -0.25) is 9.59 Å². The lowest BCUT2D eigenvalue weighted by Gasteiger charge is -2.14. The summed E-state index contributed by atoms with van der Waals surface area (Å²) in [6.07, 6.45) is 10.7. The average molecular weight is 514 g/mol. The summed E-state index contributed by atoms with van der Waals surface area (Å²) in [7, 11) is 0. The normalized spacial score (nSPS) is 11.2. The second-order valence-corrected chi connectivity index (χ2v) is 9.58. The zero-order valence-corrected chi connectivity index (χ0v) is 23.9. The van der Waals surface area contributed by atoms with E-state index >= 15 is 0 Å². The van der Waals surface area contributed by atoms with E-state index in [2.05, 4.69) is 64.0 Å². The highest BCUT2D eigenvalue weighted by Crippen LogP contribution is 2.24. The van der Waals surface area contributed by atoms with Crippen molar-refractivity contribution in [1.29, 1.82) is 0 Å². The first kappa shape index (κ1) is 34.6. The first-order valence-corrected chi connectivity index (χ1v) is 14.3. The summed E-state index contributed by atoms with van der Waals surface area (Å²) in [5, 5.41) is 11.2. The van der Waals surface area contributed by atoms with Crippen LogP contribution in [0.3, 0.4) is 0 Å². The fourth-order valence-electron chi connectivity index (χ4n) is 2.73. The van der Waals surface area contributed by atoms with E-state index in [1.165, 1.54) is 12.2 Å². The van der Waals surface area contributed by atoms with Crippen molar-refractivity contribution in [2.24, 2.45) is 5.92 Å². The molecule has 34 heavy (non-hydrogen) atoms. The molecule has 0 radical (unpaired) electrons. The molecule has 0 saturated carbocycles. The van der Waals surface area contributed by atoms with Crippen LogP contribution in [0.2, 0.25) is 0 Å². The molecule has 1 amide bonds. The maximum atomic E-state index is 12.3. The Balaban J connectivity index is 0. The van der Waals surface area contributed by atoms with Gasteiger partial charge < -0.3 is 15.2 Å². The average Bonchev–Trinajstić information content (AvgIpc) is 2.81. The third-order valence-corrected chi connectivity index (χ3v) is 5.48. The topological polar surface area (TPSA) is 75.6 Å². The van der Waals surface area contributed by atoms with Gasteiger partial charge >= 0.3 is 5.97 Å². The molecule has 2 N–H and O–H groups in total. The van der Waals surface area contributed by atoms with Crippen LogP contribution in [0.5, 0.6) is 5.75 Å². The molecule has 0 aliphatic carbocycles. The van der Waals surface area contributed by atoms with Gasteiger partial charge in [0.1, 0.15) is 12.3 Å². The number of carboxylic acids is 1. The minimum absolute atomic E-state index is 0.143. The molecule has 0 bridgehead atoms. The molecular formula is C27H47NO4S2. The van der Waals surface area contributed by atoms with E-state index in [0.717, 1.165) is 30.6 Å². The smallest absolute Gasteiger partial charge is 0.322 e. The fraction of sp³-hybridized carbons (Fsp3) is 0.630. The Morgan fingerprint density at radius 3 is 2.29 bits per heavy atom. The molecule has 7 heteroatoms. The van der Waals surface area contributed by atoms with Crippen molar-refractivity contribution < 1.29 is 19.4 Å². The molecule has 5 nitrogen and oxygen atoms in total. The maximum absolute atomic E-state index is 12.3.